The largest absolute Gasteiger partial charge is 0.330 e. The average molecular weight is 212 g/mol. The highest BCUT2D eigenvalue weighted by atomic mass is 35.5. The number of rotatable bonds is 2. The van der Waals surface area contributed by atoms with Crippen LogP contribution in [0.15, 0.2) is 0 Å². The van der Waals surface area contributed by atoms with Gasteiger partial charge in [-0.05, 0) is 37.1 Å². The molecular weight excluding hydrogens is 196 g/mol. The lowest BCUT2D eigenvalue weighted by atomic mass is 9.50. The Morgan fingerprint density at radius 2 is 1.77 bits per heavy atom. The summed E-state index contributed by atoms with van der Waals surface area (Å²) in [6.07, 6.45) is 3.30. The fourth-order valence-corrected chi connectivity index (χ4v) is 2.94. The first-order chi connectivity index (χ1) is 5.55. The van der Waals surface area contributed by atoms with Crippen molar-refractivity contribution in [1.82, 2.24) is 0 Å². The monoisotopic (exact) mass is 211 g/mol. The Hall–Kier alpha value is 0.110. The van der Waals surface area contributed by atoms with Gasteiger partial charge in [-0.2, -0.15) is 0 Å². The molecule has 78 valence electrons. The highest BCUT2D eigenvalue weighted by Crippen LogP contribution is 2.64. The van der Waals surface area contributed by atoms with E-state index in [0.29, 0.717) is 12.5 Å². The summed E-state index contributed by atoms with van der Waals surface area (Å²) in [6.45, 7) is 0.705. The fraction of sp³-hybridized carbons (Fsp3) is 1.00. The van der Waals surface area contributed by atoms with Gasteiger partial charge in [-0.3, -0.25) is 0 Å². The second-order valence-electron chi connectivity index (χ2n) is 4.56. The van der Waals surface area contributed by atoms with Gasteiger partial charge in [0.2, 0.25) is 5.92 Å². The van der Waals surface area contributed by atoms with Gasteiger partial charge in [0, 0.05) is 12.8 Å². The van der Waals surface area contributed by atoms with E-state index >= 15 is 0 Å². The highest BCUT2D eigenvalue weighted by Gasteiger charge is 2.61. The van der Waals surface area contributed by atoms with Crippen molar-refractivity contribution in [1.29, 1.82) is 0 Å². The summed E-state index contributed by atoms with van der Waals surface area (Å²) in [5, 5.41) is 0. The molecule has 2 aliphatic rings. The normalized spacial score (nSPS) is 28.8. The van der Waals surface area contributed by atoms with Crippen LogP contribution < -0.4 is 5.73 Å². The highest BCUT2D eigenvalue weighted by molar-refractivity contribution is 5.85. The zero-order chi connectivity index (χ0) is 8.82. The van der Waals surface area contributed by atoms with Crippen LogP contribution in [-0.4, -0.2) is 12.5 Å². The third-order valence-electron chi connectivity index (χ3n) is 3.29. The number of halogens is 3. The predicted molar refractivity (Wildman–Crippen MR) is 50.3 cm³/mol. The Labute approximate surface area is 83.5 Å². The van der Waals surface area contributed by atoms with Gasteiger partial charge in [-0.25, -0.2) is 8.78 Å². The van der Waals surface area contributed by atoms with Crippen LogP contribution in [0.4, 0.5) is 8.78 Å². The van der Waals surface area contributed by atoms with E-state index in [1.807, 2.05) is 0 Å². The maximum absolute atomic E-state index is 12.5. The molecule has 1 nitrogen and oxygen atoms in total. The summed E-state index contributed by atoms with van der Waals surface area (Å²) >= 11 is 0. The minimum Gasteiger partial charge on any atom is -0.330 e. The van der Waals surface area contributed by atoms with E-state index in [1.54, 1.807) is 0 Å². The van der Waals surface area contributed by atoms with Crippen LogP contribution in [0.5, 0.6) is 0 Å². The maximum atomic E-state index is 12.5. The number of nitrogens with two attached hydrogens (primary N) is 1. The standard InChI is InChI=1S/C9H15F2N.ClH/c10-9(11)5-8(6-9)3-7(4-8)1-2-12;/h7H,1-6,12H2;1H. The van der Waals surface area contributed by atoms with Gasteiger partial charge in [0.05, 0.1) is 0 Å². The van der Waals surface area contributed by atoms with Crippen molar-refractivity contribution in [2.24, 2.45) is 17.1 Å². The zero-order valence-corrected chi connectivity index (χ0v) is 8.38. The summed E-state index contributed by atoms with van der Waals surface area (Å²) in [6, 6.07) is 0. The molecule has 0 atom stereocenters. The van der Waals surface area contributed by atoms with Crippen LogP contribution in [0.2, 0.25) is 0 Å². The van der Waals surface area contributed by atoms with Crippen LogP contribution in [0.1, 0.15) is 32.1 Å². The van der Waals surface area contributed by atoms with Gasteiger partial charge in [0.1, 0.15) is 0 Å². The van der Waals surface area contributed by atoms with Crippen LogP contribution >= 0.6 is 12.4 Å². The first-order valence-electron chi connectivity index (χ1n) is 4.63. The molecule has 0 aromatic heterocycles. The van der Waals surface area contributed by atoms with Crippen molar-refractivity contribution in [3.8, 4) is 0 Å². The summed E-state index contributed by atoms with van der Waals surface area (Å²) in [5.41, 5.74) is 5.44. The number of alkyl halides is 2. The molecule has 0 aromatic rings. The number of hydrogen-bond donors (Lipinski definition) is 1. The molecule has 4 heteroatoms. The summed E-state index contributed by atoms with van der Waals surface area (Å²) in [5.74, 6) is -1.70. The van der Waals surface area contributed by atoms with Crippen LogP contribution in [-0.2, 0) is 0 Å². The molecule has 0 bridgehead atoms. The van der Waals surface area contributed by atoms with E-state index < -0.39 is 5.92 Å². The first kappa shape index (κ1) is 11.2. The van der Waals surface area contributed by atoms with Crippen molar-refractivity contribution >= 4 is 12.4 Å². The molecule has 2 saturated carbocycles. The van der Waals surface area contributed by atoms with Crippen molar-refractivity contribution < 1.29 is 8.78 Å². The molecule has 2 aliphatic carbocycles. The van der Waals surface area contributed by atoms with Gasteiger partial charge >= 0.3 is 0 Å². The quantitative estimate of drug-likeness (QED) is 0.747. The molecule has 13 heavy (non-hydrogen) atoms. The summed E-state index contributed by atoms with van der Waals surface area (Å²) in [7, 11) is 0. The Morgan fingerprint density at radius 3 is 2.15 bits per heavy atom. The lowest BCUT2D eigenvalue weighted by molar-refractivity contribution is -0.206. The summed E-state index contributed by atoms with van der Waals surface area (Å²) < 4.78 is 25.1. The molecule has 2 rings (SSSR count). The van der Waals surface area contributed by atoms with E-state index in [-0.39, 0.29) is 30.7 Å². The van der Waals surface area contributed by atoms with Crippen LogP contribution in [0, 0.1) is 11.3 Å². The third kappa shape index (κ3) is 1.96. The van der Waals surface area contributed by atoms with E-state index in [4.69, 9.17) is 5.73 Å². The van der Waals surface area contributed by atoms with Gasteiger partial charge in [0.25, 0.3) is 0 Å². The van der Waals surface area contributed by atoms with E-state index in [9.17, 15) is 8.78 Å². The Morgan fingerprint density at radius 1 is 1.23 bits per heavy atom. The van der Waals surface area contributed by atoms with E-state index in [2.05, 4.69) is 0 Å². The molecule has 0 amide bonds. The van der Waals surface area contributed by atoms with E-state index in [0.717, 1.165) is 19.3 Å². The van der Waals surface area contributed by atoms with Crippen molar-refractivity contribution in [3.05, 3.63) is 0 Å². The minimum atomic E-state index is -2.34. The number of hydrogen-bond acceptors (Lipinski definition) is 1. The van der Waals surface area contributed by atoms with Gasteiger partial charge in [-0.15, -0.1) is 12.4 Å². The fourth-order valence-electron chi connectivity index (χ4n) is 2.94. The van der Waals surface area contributed by atoms with Crippen LogP contribution in [0.3, 0.4) is 0 Å². The molecule has 2 fully saturated rings. The van der Waals surface area contributed by atoms with Gasteiger partial charge in [-0.1, -0.05) is 0 Å². The lowest BCUT2D eigenvalue weighted by Crippen LogP contribution is -2.53. The lowest BCUT2D eigenvalue weighted by Gasteiger charge is -2.57. The average Bonchev–Trinajstić information content (AvgIpc) is 1.80. The SMILES string of the molecule is Cl.NCCC1CC2(C1)CC(F)(F)C2. The molecule has 0 unspecified atom stereocenters. The molecular formula is C9H16ClF2N. The summed E-state index contributed by atoms with van der Waals surface area (Å²) in [4.78, 5) is 0. The molecule has 0 aromatic carbocycles. The molecule has 1 spiro atoms. The maximum Gasteiger partial charge on any atom is 0.249 e. The topological polar surface area (TPSA) is 26.0 Å². The molecule has 2 N–H and O–H groups in total. The molecule has 0 radical (unpaired) electrons. The van der Waals surface area contributed by atoms with E-state index in [1.165, 1.54) is 0 Å². The van der Waals surface area contributed by atoms with Crippen molar-refractivity contribution in [2.45, 2.75) is 38.0 Å². The molecule has 0 heterocycles. The third-order valence-corrected chi connectivity index (χ3v) is 3.29. The van der Waals surface area contributed by atoms with Crippen molar-refractivity contribution in [2.75, 3.05) is 6.54 Å². The Kier molecular flexibility index (Phi) is 2.89. The smallest absolute Gasteiger partial charge is 0.249 e. The van der Waals surface area contributed by atoms with Gasteiger partial charge < -0.3 is 5.73 Å². The predicted octanol–water partition coefficient (Wildman–Crippen LogP) is 2.58. The zero-order valence-electron chi connectivity index (χ0n) is 7.56. The molecule has 0 saturated heterocycles. The second-order valence-corrected chi connectivity index (χ2v) is 4.56. The minimum absolute atomic E-state index is 0. The Balaban J connectivity index is 0.000000845. The van der Waals surface area contributed by atoms with Crippen molar-refractivity contribution in [3.63, 3.8) is 0 Å². The molecule has 0 aliphatic heterocycles. The first-order valence-corrected chi connectivity index (χ1v) is 4.63. The Bertz CT molecular complexity index is 180. The van der Waals surface area contributed by atoms with Gasteiger partial charge in [0.15, 0.2) is 0 Å². The second kappa shape index (κ2) is 3.35. The van der Waals surface area contributed by atoms with Crippen LogP contribution in [0.25, 0.3) is 0 Å².